The van der Waals surface area contributed by atoms with Crippen molar-refractivity contribution < 1.29 is 44.1 Å². The molecule has 8 unspecified atom stereocenters. The van der Waals surface area contributed by atoms with Gasteiger partial charge < -0.3 is 77.7 Å². The van der Waals surface area contributed by atoms with Crippen LogP contribution in [0.5, 0.6) is 0 Å². The minimum absolute atomic E-state index is 0.0468. The number of hydrogen-bond acceptors (Lipinski definition) is 15. The molecule has 15 nitrogen and oxygen atoms in total. The Balaban J connectivity index is 1.40. The summed E-state index contributed by atoms with van der Waals surface area (Å²) in [5.74, 6) is 0. The van der Waals surface area contributed by atoms with Crippen LogP contribution in [0.2, 0.25) is 0 Å². The first-order chi connectivity index (χ1) is 18.2. The lowest BCUT2D eigenvalue weighted by molar-refractivity contribution is -0.372. The molecule has 1 saturated carbocycles. The van der Waals surface area contributed by atoms with Gasteiger partial charge in [0, 0.05) is 25.2 Å². The zero-order valence-electron chi connectivity index (χ0n) is 21.7. The summed E-state index contributed by atoms with van der Waals surface area (Å²) in [4.78, 5) is 0. The van der Waals surface area contributed by atoms with Crippen molar-refractivity contribution in [1.29, 1.82) is 0 Å². The fraction of sp³-hybridized carbons (Fsp3) is 1.00. The smallest absolute Gasteiger partial charge is 0.189 e. The van der Waals surface area contributed by atoms with Crippen LogP contribution in [0.15, 0.2) is 0 Å². The van der Waals surface area contributed by atoms with Gasteiger partial charge >= 0.3 is 0 Å². The van der Waals surface area contributed by atoms with Crippen molar-refractivity contribution in [2.45, 2.75) is 117 Å². The van der Waals surface area contributed by atoms with Crippen LogP contribution in [0.1, 0.15) is 25.7 Å². The van der Waals surface area contributed by atoms with Crippen LogP contribution in [0, 0.1) is 0 Å². The highest BCUT2D eigenvalue weighted by atomic mass is 16.8. The molecule has 0 aromatic heterocycles. The zero-order chi connectivity index (χ0) is 27.6. The van der Waals surface area contributed by atoms with E-state index >= 15 is 0 Å². The summed E-state index contributed by atoms with van der Waals surface area (Å²) >= 11 is 0. The van der Waals surface area contributed by atoms with E-state index in [1.807, 2.05) is 0 Å². The lowest BCUT2D eigenvalue weighted by Gasteiger charge is -2.51. The second-order valence-corrected chi connectivity index (χ2v) is 10.7. The van der Waals surface area contributed by atoms with E-state index in [-0.39, 0.29) is 18.2 Å². The quantitative estimate of drug-likeness (QED) is 0.129. The number of aliphatic hydroxyl groups is 4. The Labute approximate surface area is 222 Å². The molecule has 0 bridgehead atoms. The van der Waals surface area contributed by atoms with Gasteiger partial charge in [-0.15, -0.1) is 0 Å². The largest absolute Gasteiger partial charge is 0.394 e. The minimum Gasteiger partial charge on any atom is -0.394 e. The number of nitrogens with two attached hydrogens (primary N) is 4. The van der Waals surface area contributed by atoms with Gasteiger partial charge in [-0.2, -0.15) is 0 Å². The molecule has 14 N–H and O–H groups in total. The second kappa shape index (κ2) is 13.4. The summed E-state index contributed by atoms with van der Waals surface area (Å²) in [5, 5.41) is 48.3. The molecule has 3 saturated heterocycles. The standard InChI is InChI=1S/C23H46N6O9/c1-28-16-18(32)20-13(7-11(27)21(37-20)34-12-3-2-9(25)6-10(12)26)35-22(16)38-23-19(33)17(31)15(29-5-4-24)14(8-30)36-23/h9-23,28-33H,2-8,24-27H2,1H3/t9-,10?,11?,12-,13-,14?,15+,16?,17-,18?,19?,20?,21-,22?,23+/m0/s1. The van der Waals surface area contributed by atoms with Crippen molar-refractivity contribution in [3.05, 3.63) is 0 Å². The first-order valence-electron chi connectivity index (χ1n) is 13.5. The van der Waals surface area contributed by atoms with Crippen LogP contribution in [0.4, 0.5) is 0 Å². The van der Waals surface area contributed by atoms with Gasteiger partial charge in [0.1, 0.15) is 30.5 Å². The molecule has 4 aliphatic rings. The van der Waals surface area contributed by atoms with Gasteiger partial charge in [0.05, 0.1) is 36.9 Å². The summed E-state index contributed by atoms with van der Waals surface area (Å²) in [5.41, 5.74) is 24.1. The maximum atomic E-state index is 11.2. The summed E-state index contributed by atoms with van der Waals surface area (Å²) < 4.78 is 30.1. The van der Waals surface area contributed by atoms with Crippen molar-refractivity contribution in [2.75, 3.05) is 26.7 Å². The van der Waals surface area contributed by atoms with Crippen LogP contribution in [-0.2, 0) is 23.7 Å². The van der Waals surface area contributed by atoms with Crippen LogP contribution in [0.3, 0.4) is 0 Å². The highest BCUT2D eigenvalue weighted by Crippen LogP contribution is 2.35. The molecule has 1 aliphatic carbocycles. The van der Waals surface area contributed by atoms with Crippen molar-refractivity contribution in [3.63, 3.8) is 0 Å². The number of aliphatic hydroxyl groups excluding tert-OH is 4. The van der Waals surface area contributed by atoms with Gasteiger partial charge in [0.2, 0.25) is 0 Å². The topological polar surface area (TPSA) is 255 Å². The summed E-state index contributed by atoms with van der Waals surface area (Å²) in [6, 6.07) is -2.27. The Morgan fingerprint density at radius 1 is 0.842 bits per heavy atom. The average molecular weight is 551 g/mol. The Bertz CT molecular complexity index is 741. The lowest BCUT2D eigenvalue weighted by Crippen LogP contribution is -2.70. The maximum absolute atomic E-state index is 11.2. The zero-order valence-corrected chi connectivity index (χ0v) is 21.7. The lowest BCUT2D eigenvalue weighted by atomic mass is 9.88. The van der Waals surface area contributed by atoms with Crippen LogP contribution >= 0.6 is 0 Å². The molecule has 38 heavy (non-hydrogen) atoms. The minimum atomic E-state index is -1.46. The third-order valence-electron chi connectivity index (χ3n) is 8.01. The second-order valence-electron chi connectivity index (χ2n) is 10.7. The van der Waals surface area contributed by atoms with Gasteiger partial charge in [0.25, 0.3) is 0 Å². The van der Waals surface area contributed by atoms with Crippen molar-refractivity contribution >= 4 is 0 Å². The molecule has 15 atom stereocenters. The van der Waals surface area contributed by atoms with E-state index in [1.54, 1.807) is 7.05 Å². The first kappa shape index (κ1) is 30.4. The molecule has 0 radical (unpaired) electrons. The molecule has 4 fully saturated rings. The van der Waals surface area contributed by atoms with Crippen molar-refractivity contribution in [1.82, 2.24) is 10.6 Å². The van der Waals surface area contributed by atoms with Crippen molar-refractivity contribution in [2.24, 2.45) is 22.9 Å². The van der Waals surface area contributed by atoms with Crippen molar-refractivity contribution in [3.8, 4) is 0 Å². The average Bonchev–Trinajstić information content (AvgIpc) is 2.88. The van der Waals surface area contributed by atoms with Crippen LogP contribution in [-0.4, -0.2) is 139 Å². The molecule has 3 aliphatic heterocycles. The molecular formula is C23H46N6O9. The molecule has 15 heteroatoms. The summed E-state index contributed by atoms with van der Waals surface area (Å²) in [6.45, 7) is 0.226. The first-order valence-corrected chi connectivity index (χ1v) is 13.5. The van der Waals surface area contributed by atoms with E-state index in [2.05, 4.69) is 10.6 Å². The highest BCUT2D eigenvalue weighted by molar-refractivity contribution is 5.00. The number of nitrogens with one attached hydrogen (secondary N) is 2. The monoisotopic (exact) mass is 550 g/mol. The number of likely N-dealkylation sites (N-methyl/N-ethyl adjacent to an activating group) is 1. The Hall–Kier alpha value is -0.600. The van der Waals surface area contributed by atoms with E-state index < -0.39 is 80.2 Å². The van der Waals surface area contributed by atoms with E-state index in [0.717, 1.165) is 6.42 Å². The Morgan fingerprint density at radius 3 is 2.26 bits per heavy atom. The molecule has 0 amide bonds. The van der Waals surface area contributed by atoms with Gasteiger partial charge in [-0.1, -0.05) is 0 Å². The van der Waals surface area contributed by atoms with E-state index in [0.29, 0.717) is 32.4 Å². The fourth-order valence-corrected chi connectivity index (χ4v) is 5.86. The number of fused-ring (bicyclic) bond motifs is 1. The van der Waals surface area contributed by atoms with Gasteiger partial charge in [0.15, 0.2) is 18.9 Å². The van der Waals surface area contributed by atoms with E-state index in [9.17, 15) is 20.4 Å². The summed E-state index contributed by atoms with van der Waals surface area (Å²) in [7, 11) is 1.62. The molecule has 0 aromatic carbocycles. The molecule has 0 aromatic rings. The normalized spacial score (nSPS) is 50.0. The third kappa shape index (κ3) is 6.48. The molecule has 222 valence electrons. The number of hydrogen-bond donors (Lipinski definition) is 10. The Morgan fingerprint density at radius 2 is 1.61 bits per heavy atom. The maximum Gasteiger partial charge on any atom is 0.189 e. The third-order valence-corrected chi connectivity index (χ3v) is 8.01. The van der Waals surface area contributed by atoms with Crippen LogP contribution in [0.25, 0.3) is 0 Å². The predicted octanol–water partition coefficient (Wildman–Crippen LogP) is -5.30. The summed E-state index contributed by atoms with van der Waals surface area (Å²) in [6.07, 6.45) is -7.13. The molecule has 4 rings (SSSR count). The van der Waals surface area contributed by atoms with Gasteiger partial charge in [-0.05, 0) is 32.7 Å². The predicted molar refractivity (Wildman–Crippen MR) is 133 cm³/mol. The highest BCUT2D eigenvalue weighted by Gasteiger charge is 2.53. The number of rotatable bonds is 9. The number of ether oxygens (including phenoxy) is 5. The van der Waals surface area contributed by atoms with Crippen LogP contribution < -0.4 is 33.6 Å². The Kier molecular flexibility index (Phi) is 10.7. The van der Waals surface area contributed by atoms with E-state index in [1.165, 1.54) is 0 Å². The van der Waals surface area contributed by atoms with E-state index in [4.69, 9.17) is 46.6 Å². The fourth-order valence-electron chi connectivity index (χ4n) is 5.86. The molecule has 0 spiro atoms. The van der Waals surface area contributed by atoms with Gasteiger partial charge in [-0.3, -0.25) is 0 Å². The molecule has 3 heterocycles. The SMILES string of the molecule is CNC1C(O[C@H]2OC(CO)[C@@H](NCCN)[C@H](O)C2O)O[C@H]2CC(N)[C@@H](O[C@H]3CC[C@H](N)CC3N)OC2C1O. The molecular weight excluding hydrogens is 504 g/mol. The van der Waals surface area contributed by atoms with Gasteiger partial charge in [-0.25, -0.2) is 0 Å².